The average Bonchev–Trinajstić information content (AvgIpc) is 3.00. The number of nitrogens with one attached hydrogen (secondary N) is 2. The molecule has 0 saturated heterocycles. The third-order valence-electron chi connectivity index (χ3n) is 2.55. The van der Waals surface area contributed by atoms with Crippen molar-refractivity contribution in [3.05, 3.63) is 18.5 Å². The van der Waals surface area contributed by atoms with Gasteiger partial charge < -0.3 is 15.5 Å². The minimum absolute atomic E-state index is 0.125. The average molecular weight is 276 g/mol. The maximum Gasteiger partial charge on any atom is 0.257 e. The molecule has 106 valence electrons. The lowest BCUT2D eigenvalue weighted by molar-refractivity contribution is -0.119. The smallest absolute Gasteiger partial charge is 0.257 e. The van der Waals surface area contributed by atoms with E-state index >= 15 is 0 Å². The molecule has 20 heavy (non-hydrogen) atoms. The monoisotopic (exact) mass is 276 g/mol. The van der Waals surface area contributed by atoms with Crippen LogP contribution in [0.25, 0.3) is 5.95 Å². The van der Waals surface area contributed by atoms with E-state index < -0.39 is 0 Å². The first-order valence-corrected chi connectivity index (χ1v) is 5.99. The molecule has 2 aromatic rings. The van der Waals surface area contributed by atoms with Crippen LogP contribution in [-0.4, -0.2) is 58.3 Å². The van der Waals surface area contributed by atoms with Crippen LogP contribution in [0.15, 0.2) is 18.5 Å². The van der Waals surface area contributed by atoms with Crippen LogP contribution in [0, 0.1) is 0 Å². The number of aromatic nitrogens is 5. The van der Waals surface area contributed by atoms with Crippen molar-refractivity contribution in [1.82, 2.24) is 30.0 Å². The van der Waals surface area contributed by atoms with Gasteiger partial charge in [0.1, 0.15) is 0 Å². The molecular formula is C11H16N8O. The molecular weight excluding hydrogens is 260 g/mol. The van der Waals surface area contributed by atoms with Gasteiger partial charge in [-0.15, -0.1) is 0 Å². The summed E-state index contributed by atoms with van der Waals surface area (Å²) in [7, 11) is 5.03. The molecule has 0 aliphatic heterocycles. The van der Waals surface area contributed by atoms with Crippen molar-refractivity contribution in [2.45, 2.75) is 0 Å². The van der Waals surface area contributed by atoms with Crippen LogP contribution in [0.4, 0.5) is 11.9 Å². The first-order chi connectivity index (χ1) is 9.63. The molecule has 1 amide bonds. The minimum Gasteiger partial charge on any atom is -0.358 e. The van der Waals surface area contributed by atoms with Crippen LogP contribution >= 0.6 is 0 Å². The van der Waals surface area contributed by atoms with Gasteiger partial charge in [0, 0.05) is 33.5 Å². The van der Waals surface area contributed by atoms with Crippen molar-refractivity contribution < 1.29 is 4.79 Å². The summed E-state index contributed by atoms with van der Waals surface area (Å²) in [5, 5.41) is 9.49. The van der Waals surface area contributed by atoms with Crippen molar-refractivity contribution in [3.63, 3.8) is 0 Å². The fourth-order valence-corrected chi connectivity index (χ4v) is 1.49. The van der Waals surface area contributed by atoms with Crippen molar-refractivity contribution in [3.8, 4) is 5.95 Å². The summed E-state index contributed by atoms with van der Waals surface area (Å²) in [6, 6.07) is 1.77. The summed E-state index contributed by atoms with van der Waals surface area (Å²) < 4.78 is 1.53. The Labute approximate surface area is 116 Å². The Morgan fingerprint density at radius 1 is 1.35 bits per heavy atom. The molecule has 9 heteroatoms. The topological polar surface area (TPSA) is 101 Å². The van der Waals surface area contributed by atoms with Crippen LogP contribution in [-0.2, 0) is 4.79 Å². The Hall–Kier alpha value is -2.71. The molecule has 0 atom stereocenters. The van der Waals surface area contributed by atoms with Gasteiger partial charge in [0.2, 0.25) is 17.8 Å². The second kappa shape index (κ2) is 5.95. The predicted molar refractivity (Wildman–Crippen MR) is 73.8 cm³/mol. The Morgan fingerprint density at radius 2 is 2.15 bits per heavy atom. The third-order valence-corrected chi connectivity index (χ3v) is 2.55. The SMILES string of the molecule is CNC(=O)CN(C)c1nc(NC)nc(-n2cccn2)n1. The van der Waals surface area contributed by atoms with Crippen molar-refractivity contribution in [2.24, 2.45) is 0 Å². The molecule has 0 aromatic carbocycles. The van der Waals surface area contributed by atoms with Crippen molar-refractivity contribution in [2.75, 3.05) is 37.9 Å². The summed E-state index contributed by atoms with van der Waals surface area (Å²) >= 11 is 0. The molecule has 2 rings (SSSR count). The number of likely N-dealkylation sites (N-methyl/N-ethyl adjacent to an activating group) is 2. The number of hydrogen-bond acceptors (Lipinski definition) is 7. The Balaban J connectivity index is 2.33. The number of carbonyl (C=O) groups is 1. The number of rotatable bonds is 5. The largest absolute Gasteiger partial charge is 0.358 e. The molecule has 9 nitrogen and oxygen atoms in total. The zero-order valence-corrected chi connectivity index (χ0v) is 11.5. The molecule has 0 unspecified atom stereocenters. The molecule has 2 heterocycles. The van der Waals surface area contributed by atoms with Gasteiger partial charge >= 0.3 is 0 Å². The number of carbonyl (C=O) groups excluding carboxylic acids is 1. The van der Waals surface area contributed by atoms with Gasteiger partial charge in [0.15, 0.2) is 0 Å². The fourth-order valence-electron chi connectivity index (χ4n) is 1.49. The van der Waals surface area contributed by atoms with Gasteiger partial charge in [-0.2, -0.15) is 20.1 Å². The predicted octanol–water partition coefficient (Wildman–Crippen LogP) is -0.719. The lowest BCUT2D eigenvalue weighted by Gasteiger charge is -2.17. The van der Waals surface area contributed by atoms with Gasteiger partial charge in [-0.3, -0.25) is 4.79 Å². The van der Waals surface area contributed by atoms with E-state index in [9.17, 15) is 4.79 Å². The standard InChI is InChI=1S/C11H16N8O/c1-12-8(20)7-18(3)10-15-9(13-2)16-11(17-10)19-6-4-5-14-19/h4-6H,7H2,1-3H3,(H,12,20)(H,13,15,16,17). The Kier molecular flexibility index (Phi) is 4.08. The summed E-state index contributed by atoms with van der Waals surface area (Å²) in [6.07, 6.45) is 3.37. The highest BCUT2D eigenvalue weighted by atomic mass is 16.1. The fraction of sp³-hybridized carbons (Fsp3) is 0.364. The van der Waals surface area contributed by atoms with Crippen LogP contribution in [0.1, 0.15) is 0 Å². The Bertz CT molecular complexity index is 582. The number of amides is 1. The molecule has 0 radical (unpaired) electrons. The lowest BCUT2D eigenvalue weighted by atomic mass is 10.5. The molecule has 0 aliphatic carbocycles. The summed E-state index contributed by atoms with van der Waals surface area (Å²) in [5.41, 5.74) is 0. The first-order valence-electron chi connectivity index (χ1n) is 5.99. The van der Waals surface area contributed by atoms with E-state index in [1.807, 2.05) is 0 Å². The van der Waals surface area contributed by atoms with E-state index in [0.717, 1.165) is 0 Å². The highest BCUT2D eigenvalue weighted by Crippen LogP contribution is 2.11. The molecule has 2 aromatic heterocycles. The molecule has 0 aliphatic rings. The van der Waals surface area contributed by atoms with Crippen LogP contribution in [0.3, 0.4) is 0 Å². The van der Waals surface area contributed by atoms with E-state index in [4.69, 9.17) is 0 Å². The molecule has 2 N–H and O–H groups in total. The first kappa shape index (κ1) is 13.7. The summed E-state index contributed by atoms with van der Waals surface area (Å²) in [6.45, 7) is 0.155. The van der Waals surface area contributed by atoms with Gasteiger partial charge in [-0.1, -0.05) is 0 Å². The quantitative estimate of drug-likeness (QED) is 0.743. The molecule has 0 bridgehead atoms. The Morgan fingerprint density at radius 3 is 2.75 bits per heavy atom. The lowest BCUT2D eigenvalue weighted by Crippen LogP contribution is -2.34. The number of hydrogen-bond donors (Lipinski definition) is 2. The summed E-state index contributed by atoms with van der Waals surface area (Å²) in [4.78, 5) is 25.8. The van der Waals surface area contributed by atoms with E-state index in [1.54, 1.807) is 44.5 Å². The molecule has 0 saturated carbocycles. The zero-order chi connectivity index (χ0) is 14.5. The molecule has 0 spiro atoms. The highest BCUT2D eigenvalue weighted by molar-refractivity contribution is 5.80. The normalized spacial score (nSPS) is 10.2. The van der Waals surface area contributed by atoms with Gasteiger partial charge in [-0.25, -0.2) is 4.68 Å². The zero-order valence-electron chi connectivity index (χ0n) is 11.5. The minimum atomic E-state index is -0.125. The second-order valence-corrected chi connectivity index (χ2v) is 3.99. The van der Waals surface area contributed by atoms with E-state index in [2.05, 4.69) is 30.7 Å². The van der Waals surface area contributed by atoms with E-state index in [-0.39, 0.29) is 12.5 Å². The van der Waals surface area contributed by atoms with Gasteiger partial charge in [0.25, 0.3) is 5.95 Å². The highest BCUT2D eigenvalue weighted by Gasteiger charge is 2.13. The van der Waals surface area contributed by atoms with Crippen LogP contribution in [0.5, 0.6) is 0 Å². The van der Waals surface area contributed by atoms with Gasteiger partial charge in [0.05, 0.1) is 6.54 Å². The van der Waals surface area contributed by atoms with Crippen molar-refractivity contribution >= 4 is 17.8 Å². The van der Waals surface area contributed by atoms with Gasteiger partial charge in [-0.05, 0) is 6.07 Å². The number of nitrogens with zero attached hydrogens (tertiary/aromatic N) is 6. The second-order valence-electron chi connectivity index (χ2n) is 3.99. The van der Waals surface area contributed by atoms with Crippen molar-refractivity contribution in [1.29, 1.82) is 0 Å². The third kappa shape index (κ3) is 2.99. The van der Waals surface area contributed by atoms with E-state index in [0.29, 0.717) is 17.8 Å². The maximum absolute atomic E-state index is 11.4. The maximum atomic E-state index is 11.4. The molecule has 0 fully saturated rings. The van der Waals surface area contributed by atoms with Crippen LogP contribution in [0.2, 0.25) is 0 Å². The summed E-state index contributed by atoms with van der Waals surface area (Å²) in [5.74, 6) is 1.05. The van der Waals surface area contributed by atoms with E-state index in [1.165, 1.54) is 4.68 Å². The van der Waals surface area contributed by atoms with Crippen LogP contribution < -0.4 is 15.5 Å². The number of anilines is 2.